The number of benzene rings is 1. The molecule has 21 heavy (non-hydrogen) atoms. The summed E-state index contributed by atoms with van der Waals surface area (Å²) in [5, 5.41) is 10.8. The van der Waals surface area contributed by atoms with Crippen LogP contribution < -0.4 is 16.0 Å². The molecule has 4 N–H and O–H groups in total. The van der Waals surface area contributed by atoms with Crippen LogP contribution in [0.25, 0.3) is 0 Å². The zero-order valence-electron chi connectivity index (χ0n) is 11.7. The van der Waals surface area contributed by atoms with Crippen LogP contribution in [0.5, 0.6) is 0 Å². The first-order valence-corrected chi connectivity index (χ1v) is 7.53. The molecular formula is C11H18N4O5S. The van der Waals surface area contributed by atoms with E-state index in [-0.39, 0.29) is 28.7 Å². The van der Waals surface area contributed by atoms with Gasteiger partial charge in [0.2, 0.25) is 10.0 Å². The molecule has 0 bridgehead atoms. The largest absolute Gasteiger partial charge is 0.384 e. The summed E-state index contributed by atoms with van der Waals surface area (Å²) in [6.07, 6.45) is 0. The summed E-state index contributed by atoms with van der Waals surface area (Å²) in [4.78, 5) is 9.81. The molecule has 0 aromatic heterocycles. The lowest BCUT2D eigenvalue weighted by atomic mass is 10.2. The monoisotopic (exact) mass is 318 g/mol. The Hall–Kier alpha value is -1.75. The Bertz CT molecular complexity index is 605. The van der Waals surface area contributed by atoms with Crippen molar-refractivity contribution in [1.29, 1.82) is 0 Å². The molecule has 1 aromatic rings. The average Bonchev–Trinajstić information content (AvgIpc) is 2.44. The Morgan fingerprint density at radius 3 is 2.67 bits per heavy atom. The summed E-state index contributed by atoms with van der Waals surface area (Å²) < 4.78 is 31.7. The Morgan fingerprint density at radius 2 is 2.14 bits per heavy atom. The number of non-ortho nitro benzene ring substituents is 1. The van der Waals surface area contributed by atoms with Gasteiger partial charge in [-0.15, -0.1) is 0 Å². The van der Waals surface area contributed by atoms with E-state index < -0.39 is 14.9 Å². The molecule has 0 aliphatic rings. The van der Waals surface area contributed by atoms with Crippen LogP contribution in [0.3, 0.4) is 0 Å². The van der Waals surface area contributed by atoms with E-state index in [1.807, 2.05) is 6.92 Å². The lowest BCUT2D eigenvalue weighted by molar-refractivity contribution is -0.385. The minimum absolute atomic E-state index is 0.0437. The van der Waals surface area contributed by atoms with Crippen molar-refractivity contribution < 1.29 is 18.1 Å². The van der Waals surface area contributed by atoms with Crippen molar-refractivity contribution in [2.75, 3.05) is 25.7 Å². The number of nitrogens with two attached hydrogens (primary N) is 1. The molecule has 0 saturated heterocycles. The molecule has 0 heterocycles. The molecule has 0 aliphatic carbocycles. The third-order valence-electron chi connectivity index (χ3n) is 2.69. The number of hydrogen-bond acceptors (Lipinski definition) is 7. The second kappa shape index (κ2) is 7.31. The fourth-order valence-corrected chi connectivity index (χ4v) is 2.99. The maximum absolute atomic E-state index is 12.2. The van der Waals surface area contributed by atoms with Crippen LogP contribution in [0.2, 0.25) is 0 Å². The maximum Gasteiger partial charge on any atom is 0.270 e. The van der Waals surface area contributed by atoms with Gasteiger partial charge in [-0.05, 0) is 12.0 Å². The first-order chi connectivity index (χ1) is 9.81. The van der Waals surface area contributed by atoms with Gasteiger partial charge in [0.15, 0.2) is 0 Å². The predicted octanol–water partition coefficient (Wildman–Crippen LogP) is 0.441. The Labute approximate surface area is 122 Å². The van der Waals surface area contributed by atoms with E-state index in [0.29, 0.717) is 6.61 Å². The number of rotatable bonds is 8. The van der Waals surface area contributed by atoms with Gasteiger partial charge >= 0.3 is 0 Å². The van der Waals surface area contributed by atoms with Crippen molar-refractivity contribution in [3.05, 3.63) is 28.3 Å². The van der Waals surface area contributed by atoms with E-state index >= 15 is 0 Å². The summed E-state index contributed by atoms with van der Waals surface area (Å²) in [5.74, 6) is 5.20. The van der Waals surface area contributed by atoms with Gasteiger partial charge in [0.25, 0.3) is 5.69 Å². The Morgan fingerprint density at radius 1 is 1.48 bits per heavy atom. The number of nitro benzene ring substituents is 1. The third-order valence-corrected chi connectivity index (χ3v) is 4.16. The van der Waals surface area contributed by atoms with Gasteiger partial charge in [-0.1, -0.05) is 6.92 Å². The normalized spacial score (nSPS) is 12.9. The number of nitro groups is 1. The fourth-order valence-electron chi connectivity index (χ4n) is 1.64. The molecule has 118 valence electrons. The summed E-state index contributed by atoms with van der Waals surface area (Å²) in [7, 11) is -2.41. The molecule has 10 heteroatoms. The van der Waals surface area contributed by atoms with Crippen molar-refractivity contribution in [1.82, 2.24) is 4.72 Å². The molecular weight excluding hydrogens is 300 g/mol. The fraction of sp³-hybridized carbons (Fsp3) is 0.455. The minimum Gasteiger partial charge on any atom is -0.384 e. The summed E-state index contributed by atoms with van der Waals surface area (Å²) >= 11 is 0. The number of ether oxygens (including phenoxy) is 1. The quantitative estimate of drug-likeness (QED) is 0.359. The smallest absolute Gasteiger partial charge is 0.270 e. The average molecular weight is 318 g/mol. The number of nitrogens with one attached hydrogen (secondary N) is 2. The van der Waals surface area contributed by atoms with E-state index in [1.165, 1.54) is 19.2 Å². The highest BCUT2D eigenvalue weighted by Crippen LogP contribution is 2.25. The number of methoxy groups -OCH3 is 1. The second-order valence-corrected chi connectivity index (χ2v) is 6.23. The van der Waals surface area contributed by atoms with Crippen LogP contribution in [-0.4, -0.2) is 33.6 Å². The van der Waals surface area contributed by atoms with Crippen molar-refractivity contribution in [2.45, 2.75) is 11.8 Å². The SMILES string of the molecule is COCC(C)CNS(=O)(=O)c1cc([N+](=O)[O-])ccc1NN. The third kappa shape index (κ3) is 4.63. The topological polar surface area (TPSA) is 137 Å². The number of hydrogen-bond donors (Lipinski definition) is 3. The lowest BCUT2D eigenvalue weighted by Gasteiger charge is -2.14. The first-order valence-electron chi connectivity index (χ1n) is 6.05. The van der Waals surface area contributed by atoms with Crippen LogP contribution in [0.15, 0.2) is 23.1 Å². The number of nitrogens with zero attached hydrogens (tertiary/aromatic N) is 1. The zero-order valence-corrected chi connectivity index (χ0v) is 12.5. The van der Waals surface area contributed by atoms with Gasteiger partial charge < -0.3 is 10.2 Å². The van der Waals surface area contributed by atoms with Crippen LogP contribution in [0.1, 0.15) is 6.92 Å². The standard InChI is InChI=1S/C11H18N4O5S/c1-8(7-20-2)6-13-21(18,19)11-5-9(15(16)17)3-4-10(11)14-12/h3-5,8,13-14H,6-7,12H2,1-2H3. The van der Waals surface area contributed by atoms with Crippen molar-refractivity contribution >= 4 is 21.4 Å². The number of anilines is 1. The van der Waals surface area contributed by atoms with E-state index in [1.54, 1.807) is 0 Å². The summed E-state index contributed by atoms with van der Waals surface area (Å²) in [5.41, 5.74) is 1.96. The molecule has 1 unspecified atom stereocenters. The molecule has 1 atom stereocenters. The number of sulfonamides is 1. The molecule has 1 aromatic carbocycles. The van der Waals surface area contributed by atoms with Crippen LogP contribution >= 0.6 is 0 Å². The molecule has 0 saturated carbocycles. The Kier molecular flexibility index (Phi) is 6.03. The van der Waals surface area contributed by atoms with Crippen molar-refractivity contribution in [3.63, 3.8) is 0 Å². The minimum atomic E-state index is -3.92. The van der Waals surface area contributed by atoms with Gasteiger partial charge in [-0.25, -0.2) is 13.1 Å². The van der Waals surface area contributed by atoms with E-state index in [4.69, 9.17) is 10.6 Å². The highest BCUT2D eigenvalue weighted by atomic mass is 32.2. The van der Waals surface area contributed by atoms with Gasteiger partial charge in [0.05, 0.1) is 10.6 Å². The second-order valence-electron chi connectivity index (χ2n) is 4.49. The van der Waals surface area contributed by atoms with Crippen LogP contribution in [0, 0.1) is 16.0 Å². The van der Waals surface area contributed by atoms with Gasteiger partial charge in [-0.3, -0.25) is 16.0 Å². The predicted molar refractivity (Wildman–Crippen MR) is 77.1 cm³/mol. The van der Waals surface area contributed by atoms with E-state index in [0.717, 1.165) is 6.07 Å². The molecule has 1 rings (SSSR count). The highest BCUT2D eigenvalue weighted by molar-refractivity contribution is 7.89. The van der Waals surface area contributed by atoms with Gasteiger partial charge in [-0.2, -0.15) is 0 Å². The molecule has 9 nitrogen and oxygen atoms in total. The molecule has 0 radical (unpaired) electrons. The van der Waals surface area contributed by atoms with Crippen molar-refractivity contribution in [2.24, 2.45) is 11.8 Å². The molecule has 0 fully saturated rings. The molecule has 0 amide bonds. The lowest BCUT2D eigenvalue weighted by Crippen LogP contribution is -2.31. The van der Waals surface area contributed by atoms with E-state index in [9.17, 15) is 18.5 Å². The highest BCUT2D eigenvalue weighted by Gasteiger charge is 2.22. The zero-order chi connectivity index (χ0) is 16.0. The Balaban J connectivity index is 3.05. The van der Waals surface area contributed by atoms with Gasteiger partial charge in [0, 0.05) is 32.4 Å². The van der Waals surface area contributed by atoms with Crippen molar-refractivity contribution in [3.8, 4) is 0 Å². The van der Waals surface area contributed by atoms with Gasteiger partial charge in [0.1, 0.15) is 4.90 Å². The summed E-state index contributed by atoms with van der Waals surface area (Å²) in [6, 6.07) is 3.37. The number of nitrogen functional groups attached to an aromatic ring is 1. The summed E-state index contributed by atoms with van der Waals surface area (Å²) in [6.45, 7) is 2.34. The molecule has 0 spiro atoms. The molecule has 0 aliphatic heterocycles. The van der Waals surface area contributed by atoms with E-state index in [2.05, 4.69) is 10.1 Å². The number of hydrazine groups is 1. The van der Waals surface area contributed by atoms with Crippen LogP contribution in [0.4, 0.5) is 11.4 Å². The first kappa shape index (κ1) is 17.3. The van der Waals surface area contributed by atoms with Crippen LogP contribution in [-0.2, 0) is 14.8 Å². The maximum atomic E-state index is 12.2.